The third-order valence-corrected chi connectivity index (χ3v) is 0.878. The van der Waals surface area contributed by atoms with Crippen molar-refractivity contribution in [2.75, 3.05) is 26.4 Å². The molecule has 0 aromatic rings. The molecule has 0 amide bonds. The Bertz CT molecular complexity index is 71.5. The standard InChI is InChI=1S/C4H10O3.C4H8O/c5-1-3-7-4-2-6;1-2-3-4-5/h5-6H,1-4H2;4H,2-3H2,1H3. The van der Waals surface area contributed by atoms with Crippen molar-refractivity contribution in [2.24, 2.45) is 0 Å². The second kappa shape index (κ2) is 16.9. The highest BCUT2D eigenvalue weighted by atomic mass is 16.5. The molecule has 4 nitrogen and oxygen atoms in total. The lowest BCUT2D eigenvalue weighted by Gasteiger charge is -1.94. The summed E-state index contributed by atoms with van der Waals surface area (Å²) in [6.45, 7) is 2.68. The van der Waals surface area contributed by atoms with E-state index in [0.29, 0.717) is 19.6 Å². The first-order valence-electron chi connectivity index (χ1n) is 4.06. The van der Waals surface area contributed by atoms with Gasteiger partial charge >= 0.3 is 0 Å². The number of rotatable bonds is 6. The average Bonchev–Trinajstić information content (AvgIpc) is 2.08. The fourth-order valence-electron chi connectivity index (χ4n) is 0.349. The molecule has 0 bridgehead atoms. The molecule has 0 spiro atoms. The fraction of sp³-hybridized carbons (Fsp3) is 0.875. The normalized spacial score (nSPS) is 8.58. The Morgan fingerprint density at radius 3 is 1.92 bits per heavy atom. The summed E-state index contributed by atoms with van der Waals surface area (Å²) in [5, 5.41) is 16.2. The zero-order valence-electron chi connectivity index (χ0n) is 7.53. The maximum Gasteiger partial charge on any atom is 0.119 e. The molecule has 0 aromatic heterocycles. The highest BCUT2D eigenvalue weighted by Crippen LogP contribution is 1.74. The minimum Gasteiger partial charge on any atom is -0.394 e. The van der Waals surface area contributed by atoms with Crippen molar-refractivity contribution < 1.29 is 19.7 Å². The molecule has 74 valence electrons. The van der Waals surface area contributed by atoms with E-state index in [1.807, 2.05) is 6.92 Å². The van der Waals surface area contributed by atoms with E-state index in [1.165, 1.54) is 0 Å². The number of carbonyl (C=O) groups excluding carboxylic acids is 1. The predicted molar refractivity (Wildman–Crippen MR) is 46.0 cm³/mol. The van der Waals surface area contributed by atoms with E-state index in [1.54, 1.807) is 0 Å². The molecule has 0 aliphatic heterocycles. The lowest BCUT2D eigenvalue weighted by molar-refractivity contribution is -0.107. The highest BCUT2D eigenvalue weighted by Gasteiger charge is 1.79. The van der Waals surface area contributed by atoms with Crippen molar-refractivity contribution >= 4 is 6.29 Å². The van der Waals surface area contributed by atoms with E-state index in [9.17, 15) is 4.79 Å². The molecule has 0 radical (unpaired) electrons. The summed E-state index contributed by atoms with van der Waals surface area (Å²) in [5.41, 5.74) is 0. The molecular formula is C8H18O4. The van der Waals surface area contributed by atoms with Gasteiger partial charge in [0, 0.05) is 6.42 Å². The van der Waals surface area contributed by atoms with Crippen LogP contribution in [0, 0.1) is 0 Å². The number of ether oxygens (including phenoxy) is 1. The van der Waals surface area contributed by atoms with Crippen LogP contribution in [-0.2, 0) is 9.53 Å². The van der Waals surface area contributed by atoms with E-state index in [2.05, 4.69) is 4.74 Å². The third kappa shape index (κ3) is 22.7. The molecule has 0 aliphatic carbocycles. The second-order valence-electron chi connectivity index (χ2n) is 2.01. The van der Waals surface area contributed by atoms with Gasteiger partial charge in [-0.05, 0) is 6.42 Å². The highest BCUT2D eigenvalue weighted by molar-refractivity contribution is 5.48. The number of hydrogen-bond donors (Lipinski definition) is 2. The summed E-state index contributed by atoms with van der Waals surface area (Å²) >= 11 is 0. The number of aliphatic hydroxyl groups excluding tert-OH is 2. The lowest BCUT2D eigenvalue weighted by atomic mass is 10.4. The smallest absolute Gasteiger partial charge is 0.119 e. The predicted octanol–water partition coefficient (Wildman–Crippen LogP) is -0.0270. The van der Waals surface area contributed by atoms with Gasteiger partial charge in [-0.15, -0.1) is 0 Å². The molecule has 0 fully saturated rings. The molecule has 0 rings (SSSR count). The minimum atomic E-state index is 0.0278. The van der Waals surface area contributed by atoms with Crippen LogP contribution in [-0.4, -0.2) is 42.9 Å². The van der Waals surface area contributed by atoms with E-state index >= 15 is 0 Å². The zero-order valence-corrected chi connectivity index (χ0v) is 7.53. The number of carbonyl (C=O) groups is 1. The minimum absolute atomic E-state index is 0.0278. The quantitative estimate of drug-likeness (QED) is 0.443. The van der Waals surface area contributed by atoms with Crippen LogP contribution in [0.1, 0.15) is 19.8 Å². The first-order chi connectivity index (χ1) is 5.83. The lowest BCUT2D eigenvalue weighted by Crippen LogP contribution is -2.03. The topological polar surface area (TPSA) is 66.8 Å². The average molecular weight is 178 g/mol. The van der Waals surface area contributed by atoms with Crippen molar-refractivity contribution in [3.8, 4) is 0 Å². The summed E-state index contributed by atoms with van der Waals surface area (Å²) in [6, 6.07) is 0. The van der Waals surface area contributed by atoms with E-state index in [4.69, 9.17) is 10.2 Å². The largest absolute Gasteiger partial charge is 0.394 e. The van der Waals surface area contributed by atoms with Gasteiger partial charge in [0.15, 0.2) is 0 Å². The van der Waals surface area contributed by atoms with Gasteiger partial charge in [-0.1, -0.05) is 6.92 Å². The first kappa shape index (κ1) is 14.1. The van der Waals surface area contributed by atoms with E-state index < -0.39 is 0 Å². The van der Waals surface area contributed by atoms with Crippen molar-refractivity contribution in [3.05, 3.63) is 0 Å². The number of hydrogen-bond acceptors (Lipinski definition) is 4. The maximum atomic E-state index is 9.40. The molecule has 12 heavy (non-hydrogen) atoms. The Morgan fingerprint density at radius 1 is 1.25 bits per heavy atom. The molecule has 0 heterocycles. The van der Waals surface area contributed by atoms with Crippen molar-refractivity contribution in [2.45, 2.75) is 19.8 Å². The summed E-state index contributed by atoms with van der Waals surface area (Å²) < 4.78 is 4.63. The monoisotopic (exact) mass is 178 g/mol. The summed E-state index contributed by atoms with van der Waals surface area (Å²) in [5.74, 6) is 0. The van der Waals surface area contributed by atoms with Gasteiger partial charge < -0.3 is 19.7 Å². The number of unbranched alkanes of at least 4 members (excludes halogenated alkanes) is 1. The molecule has 0 unspecified atom stereocenters. The summed E-state index contributed by atoms with van der Waals surface area (Å²) in [6.07, 6.45) is 2.61. The van der Waals surface area contributed by atoms with Crippen LogP contribution in [0.25, 0.3) is 0 Å². The molecule has 0 atom stereocenters. The Kier molecular flexibility index (Phi) is 19.8. The number of aliphatic hydroxyl groups is 2. The summed E-state index contributed by atoms with van der Waals surface area (Å²) in [7, 11) is 0. The zero-order chi connectivity index (χ0) is 9.66. The fourth-order valence-corrected chi connectivity index (χ4v) is 0.349. The van der Waals surface area contributed by atoms with E-state index in [-0.39, 0.29) is 13.2 Å². The molecule has 0 aromatic carbocycles. The Hall–Kier alpha value is -0.450. The van der Waals surface area contributed by atoms with Gasteiger partial charge in [0.1, 0.15) is 6.29 Å². The van der Waals surface area contributed by atoms with Crippen molar-refractivity contribution in [1.29, 1.82) is 0 Å². The van der Waals surface area contributed by atoms with Gasteiger partial charge in [0.25, 0.3) is 0 Å². The second-order valence-corrected chi connectivity index (χ2v) is 2.01. The first-order valence-corrected chi connectivity index (χ1v) is 4.06. The van der Waals surface area contributed by atoms with E-state index in [0.717, 1.165) is 12.7 Å². The molecule has 0 saturated carbocycles. The molecule has 4 heteroatoms. The van der Waals surface area contributed by atoms with Gasteiger partial charge in [-0.2, -0.15) is 0 Å². The van der Waals surface area contributed by atoms with Crippen LogP contribution in [0.3, 0.4) is 0 Å². The van der Waals surface area contributed by atoms with Crippen LogP contribution in [0.5, 0.6) is 0 Å². The van der Waals surface area contributed by atoms with Crippen LogP contribution >= 0.6 is 0 Å². The van der Waals surface area contributed by atoms with Gasteiger partial charge in [-0.3, -0.25) is 0 Å². The van der Waals surface area contributed by atoms with Crippen LogP contribution in [0.15, 0.2) is 0 Å². The molecule has 0 aliphatic rings. The van der Waals surface area contributed by atoms with Crippen LogP contribution < -0.4 is 0 Å². The van der Waals surface area contributed by atoms with Crippen LogP contribution in [0.4, 0.5) is 0 Å². The van der Waals surface area contributed by atoms with Gasteiger partial charge in [-0.25, -0.2) is 0 Å². The molecule has 2 N–H and O–H groups in total. The Labute approximate surface area is 73.2 Å². The Balaban J connectivity index is 0. The van der Waals surface area contributed by atoms with Crippen molar-refractivity contribution in [3.63, 3.8) is 0 Å². The number of aldehydes is 1. The SMILES string of the molecule is CCCC=O.OCCOCCO. The van der Waals surface area contributed by atoms with Gasteiger partial charge in [0.2, 0.25) is 0 Å². The van der Waals surface area contributed by atoms with Gasteiger partial charge in [0.05, 0.1) is 26.4 Å². The van der Waals surface area contributed by atoms with Crippen molar-refractivity contribution in [1.82, 2.24) is 0 Å². The molecule has 0 saturated heterocycles. The van der Waals surface area contributed by atoms with Crippen LogP contribution in [0.2, 0.25) is 0 Å². The molecular weight excluding hydrogens is 160 g/mol. The maximum absolute atomic E-state index is 9.40. The third-order valence-electron chi connectivity index (χ3n) is 0.878. The summed E-state index contributed by atoms with van der Waals surface area (Å²) in [4.78, 5) is 9.40. The Morgan fingerprint density at radius 2 is 1.75 bits per heavy atom.